The van der Waals surface area contributed by atoms with Gasteiger partial charge in [-0.25, -0.2) is 4.79 Å². The Labute approximate surface area is 131 Å². The van der Waals surface area contributed by atoms with Crippen LogP contribution in [0.3, 0.4) is 0 Å². The normalized spacial score (nSPS) is 12.8. The minimum absolute atomic E-state index is 0.0574. The van der Waals surface area contributed by atoms with Gasteiger partial charge in [-0.1, -0.05) is 46.8 Å². The molecule has 5 heteroatoms. The lowest BCUT2D eigenvalue weighted by molar-refractivity contribution is -0.143. The van der Waals surface area contributed by atoms with Crippen molar-refractivity contribution in [3.63, 3.8) is 0 Å². The van der Waals surface area contributed by atoms with Crippen molar-refractivity contribution in [2.75, 3.05) is 6.61 Å². The van der Waals surface area contributed by atoms with Crippen LogP contribution in [0.25, 0.3) is 0 Å². The van der Waals surface area contributed by atoms with Gasteiger partial charge in [0.05, 0.1) is 0 Å². The Bertz CT molecular complexity index is 514. The van der Waals surface area contributed by atoms with Gasteiger partial charge in [0, 0.05) is 0 Å². The van der Waals surface area contributed by atoms with E-state index in [4.69, 9.17) is 9.84 Å². The van der Waals surface area contributed by atoms with Gasteiger partial charge in [0.1, 0.15) is 11.8 Å². The van der Waals surface area contributed by atoms with E-state index in [1.54, 1.807) is 13.8 Å². The number of benzene rings is 1. The predicted molar refractivity (Wildman–Crippen MR) is 85.0 cm³/mol. The number of nitrogens with one attached hydrogen (secondary N) is 1. The molecule has 0 heterocycles. The Morgan fingerprint density at radius 1 is 1.18 bits per heavy atom. The molecule has 0 saturated carbocycles. The lowest BCUT2D eigenvalue weighted by Gasteiger charge is -2.19. The van der Waals surface area contributed by atoms with Gasteiger partial charge in [-0.05, 0) is 29.0 Å². The Morgan fingerprint density at radius 3 is 2.14 bits per heavy atom. The zero-order chi connectivity index (χ0) is 16.9. The van der Waals surface area contributed by atoms with Crippen LogP contribution < -0.4 is 10.1 Å². The minimum Gasteiger partial charge on any atom is -0.484 e. The highest BCUT2D eigenvalue weighted by molar-refractivity contribution is 5.84. The number of carbonyl (C=O) groups is 2. The molecule has 5 nitrogen and oxygen atoms in total. The third kappa shape index (κ3) is 5.39. The van der Waals surface area contributed by atoms with Crippen molar-refractivity contribution in [3.8, 4) is 5.75 Å². The highest BCUT2D eigenvalue weighted by Gasteiger charge is 2.23. The van der Waals surface area contributed by atoms with E-state index in [2.05, 4.69) is 26.1 Å². The molecule has 1 unspecified atom stereocenters. The number of ether oxygens (including phenoxy) is 1. The van der Waals surface area contributed by atoms with Gasteiger partial charge in [-0.3, -0.25) is 4.79 Å². The molecule has 122 valence electrons. The maximum atomic E-state index is 11.8. The van der Waals surface area contributed by atoms with Crippen LogP contribution in [0, 0.1) is 5.92 Å². The van der Waals surface area contributed by atoms with Crippen molar-refractivity contribution in [2.45, 2.75) is 46.1 Å². The van der Waals surface area contributed by atoms with E-state index in [1.165, 1.54) is 5.56 Å². The number of aliphatic carboxylic acids is 1. The van der Waals surface area contributed by atoms with Gasteiger partial charge < -0.3 is 15.2 Å². The Hall–Kier alpha value is -2.04. The summed E-state index contributed by atoms with van der Waals surface area (Å²) in [4.78, 5) is 22.8. The van der Waals surface area contributed by atoms with E-state index in [0.717, 1.165) is 0 Å². The number of carboxylic acids is 1. The number of amides is 1. The Kier molecular flexibility index (Phi) is 5.97. The molecule has 1 atom stereocenters. The number of rotatable bonds is 6. The van der Waals surface area contributed by atoms with Gasteiger partial charge in [0.25, 0.3) is 5.91 Å². The Balaban J connectivity index is 2.55. The van der Waals surface area contributed by atoms with E-state index in [0.29, 0.717) is 5.75 Å². The van der Waals surface area contributed by atoms with Crippen LogP contribution in [-0.2, 0) is 15.0 Å². The molecule has 0 saturated heterocycles. The van der Waals surface area contributed by atoms with E-state index < -0.39 is 17.9 Å². The van der Waals surface area contributed by atoms with Crippen molar-refractivity contribution in [2.24, 2.45) is 5.92 Å². The fraction of sp³-hybridized carbons (Fsp3) is 0.529. The summed E-state index contributed by atoms with van der Waals surface area (Å²) in [6, 6.07) is 6.64. The third-order valence-corrected chi connectivity index (χ3v) is 3.34. The molecule has 1 aromatic carbocycles. The van der Waals surface area contributed by atoms with Gasteiger partial charge in [-0.15, -0.1) is 0 Å². The first-order valence-electron chi connectivity index (χ1n) is 7.36. The molecule has 0 aliphatic heterocycles. The predicted octanol–water partition coefficient (Wildman–Crippen LogP) is 2.59. The quantitative estimate of drug-likeness (QED) is 0.847. The molecule has 1 aromatic rings. The van der Waals surface area contributed by atoms with Crippen molar-refractivity contribution >= 4 is 11.9 Å². The molecule has 0 fully saturated rings. The highest BCUT2D eigenvalue weighted by Crippen LogP contribution is 2.24. The molecule has 22 heavy (non-hydrogen) atoms. The van der Waals surface area contributed by atoms with Crippen molar-refractivity contribution in [1.29, 1.82) is 0 Å². The Morgan fingerprint density at radius 2 is 1.73 bits per heavy atom. The number of hydrogen-bond donors (Lipinski definition) is 2. The molecular formula is C17H25NO4. The molecule has 1 amide bonds. The summed E-state index contributed by atoms with van der Waals surface area (Å²) in [5, 5.41) is 11.5. The number of hydrogen-bond acceptors (Lipinski definition) is 3. The summed E-state index contributed by atoms with van der Waals surface area (Å²) >= 11 is 0. The molecule has 0 aliphatic rings. The second kappa shape index (κ2) is 7.29. The summed E-state index contributed by atoms with van der Waals surface area (Å²) in [7, 11) is 0. The standard InChI is InChI=1S/C17H25NO4/c1-11(2)15(16(20)21)18-14(19)10-22-13-8-6-12(7-9-13)17(3,4)5/h6-9,11,15H,10H2,1-5H3,(H,18,19)(H,20,21). The first-order valence-corrected chi connectivity index (χ1v) is 7.36. The minimum atomic E-state index is -1.04. The SMILES string of the molecule is CC(C)C(NC(=O)COc1ccc(C(C)(C)C)cc1)C(=O)O. The summed E-state index contributed by atoms with van der Waals surface area (Å²) in [6.45, 7) is 9.64. The van der Waals surface area contributed by atoms with E-state index in [1.807, 2.05) is 24.3 Å². The maximum absolute atomic E-state index is 11.8. The van der Waals surface area contributed by atoms with Gasteiger partial charge >= 0.3 is 5.97 Å². The monoisotopic (exact) mass is 307 g/mol. The fourth-order valence-electron chi connectivity index (χ4n) is 1.93. The molecular weight excluding hydrogens is 282 g/mol. The van der Waals surface area contributed by atoms with Crippen LogP contribution >= 0.6 is 0 Å². The average Bonchev–Trinajstić information content (AvgIpc) is 2.41. The van der Waals surface area contributed by atoms with E-state index in [-0.39, 0.29) is 17.9 Å². The molecule has 0 aromatic heterocycles. The molecule has 0 aliphatic carbocycles. The smallest absolute Gasteiger partial charge is 0.326 e. The summed E-state index contributed by atoms with van der Waals surface area (Å²) in [5.41, 5.74) is 1.23. The zero-order valence-corrected chi connectivity index (χ0v) is 13.8. The highest BCUT2D eigenvalue weighted by atomic mass is 16.5. The fourth-order valence-corrected chi connectivity index (χ4v) is 1.93. The zero-order valence-electron chi connectivity index (χ0n) is 13.8. The van der Waals surface area contributed by atoms with Crippen LogP contribution in [0.5, 0.6) is 5.75 Å². The maximum Gasteiger partial charge on any atom is 0.326 e. The van der Waals surface area contributed by atoms with Gasteiger partial charge in [0.2, 0.25) is 0 Å². The third-order valence-electron chi connectivity index (χ3n) is 3.34. The first kappa shape index (κ1) is 18.0. The second-order valence-electron chi connectivity index (χ2n) is 6.69. The van der Waals surface area contributed by atoms with Crippen molar-refractivity contribution in [3.05, 3.63) is 29.8 Å². The second-order valence-corrected chi connectivity index (χ2v) is 6.69. The van der Waals surface area contributed by atoms with E-state index >= 15 is 0 Å². The summed E-state index contributed by atoms with van der Waals surface area (Å²) < 4.78 is 5.39. The van der Waals surface area contributed by atoms with Crippen LogP contribution in [0.2, 0.25) is 0 Å². The molecule has 2 N–H and O–H groups in total. The van der Waals surface area contributed by atoms with Gasteiger partial charge in [-0.2, -0.15) is 0 Å². The van der Waals surface area contributed by atoms with Crippen LogP contribution in [0.15, 0.2) is 24.3 Å². The molecule has 0 bridgehead atoms. The number of carbonyl (C=O) groups excluding carboxylic acids is 1. The molecule has 0 spiro atoms. The largest absolute Gasteiger partial charge is 0.484 e. The molecule has 1 rings (SSSR count). The topological polar surface area (TPSA) is 75.6 Å². The summed E-state index contributed by atoms with van der Waals surface area (Å²) in [6.07, 6.45) is 0. The lowest BCUT2D eigenvalue weighted by atomic mass is 9.87. The van der Waals surface area contributed by atoms with Gasteiger partial charge in [0.15, 0.2) is 6.61 Å². The summed E-state index contributed by atoms with van der Waals surface area (Å²) in [5.74, 6) is -1.09. The van der Waals surface area contributed by atoms with Crippen molar-refractivity contribution in [1.82, 2.24) is 5.32 Å². The van der Waals surface area contributed by atoms with Crippen LogP contribution in [0.1, 0.15) is 40.2 Å². The van der Waals surface area contributed by atoms with Crippen LogP contribution in [0.4, 0.5) is 0 Å². The van der Waals surface area contributed by atoms with E-state index in [9.17, 15) is 9.59 Å². The van der Waals surface area contributed by atoms with Crippen LogP contribution in [-0.4, -0.2) is 29.6 Å². The first-order chi connectivity index (χ1) is 10.1. The van der Waals surface area contributed by atoms with Crippen molar-refractivity contribution < 1.29 is 19.4 Å². The number of carboxylic acid groups (broad SMARTS) is 1. The lowest BCUT2D eigenvalue weighted by Crippen LogP contribution is -2.46. The molecule has 0 radical (unpaired) electrons. The average molecular weight is 307 g/mol.